The number of aromatic carboxylic acids is 1. The third-order valence-corrected chi connectivity index (χ3v) is 4.67. The molecule has 0 spiro atoms. The van der Waals surface area contributed by atoms with Crippen LogP contribution >= 0.6 is 0 Å². The zero-order valence-corrected chi connectivity index (χ0v) is 18.9. The normalized spacial score (nSPS) is 19.2. The molecular weight excluding hydrogens is 375 g/mol. The van der Waals surface area contributed by atoms with E-state index in [-0.39, 0.29) is 41.0 Å². The number of carboxylic acid groups (broad SMARTS) is 1. The van der Waals surface area contributed by atoms with Crippen molar-refractivity contribution in [1.29, 1.82) is 0 Å². The Morgan fingerprint density at radius 2 is 1.93 bits per heavy atom. The van der Waals surface area contributed by atoms with Gasteiger partial charge < -0.3 is 20.3 Å². The van der Waals surface area contributed by atoms with E-state index in [0.717, 1.165) is 12.8 Å². The van der Waals surface area contributed by atoms with Gasteiger partial charge in [0, 0.05) is 0 Å². The van der Waals surface area contributed by atoms with Gasteiger partial charge in [0.05, 0.1) is 13.1 Å². The predicted octanol–water partition coefficient (Wildman–Crippen LogP) is -1.41. The number of carboxylic acids is 1. The summed E-state index contributed by atoms with van der Waals surface area (Å²) in [7, 11) is 1.45. The second-order valence-electron chi connectivity index (χ2n) is 6.20. The van der Waals surface area contributed by atoms with Crippen LogP contribution in [0, 0.1) is 11.3 Å². The summed E-state index contributed by atoms with van der Waals surface area (Å²) in [6.45, 7) is 5.62. The summed E-state index contributed by atoms with van der Waals surface area (Å²) in [4.78, 5) is 37.6. The Hall–Kier alpha value is -1.90. The van der Waals surface area contributed by atoms with E-state index in [2.05, 4.69) is 10.3 Å². The number of nitrogens with zero attached hydrogens (tertiary/aromatic N) is 1. The van der Waals surface area contributed by atoms with Crippen molar-refractivity contribution in [2.24, 2.45) is 16.3 Å². The van der Waals surface area contributed by atoms with Crippen LogP contribution in [-0.2, 0) is 9.59 Å². The number of rotatable bonds is 6. The first-order valence-corrected chi connectivity index (χ1v) is 8.72. The molecule has 2 amide bonds. The number of nitrogens with one attached hydrogen (secondary N) is 1. The summed E-state index contributed by atoms with van der Waals surface area (Å²) < 4.78 is 4.83. The molecular formula is C19H25N2NaO6. The molecule has 9 heteroatoms. The molecule has 2 N–H and O–H groups in total. The van der Waals surface area contributed by atoms with Gasteiger partial charge in [0.2, 0.25) is 5.91 Å². The van der Waals surface area contributed by atoms with E-state index in [0.29, 0.717) is 12.2 Å². The molecule has 0 fully saturated rings. The first kappa shape index (κ1) is 26.1. The number of para-hydroxylation sites is 1. The molecule has 2 atom stereocenters. The number of carbonyl (C=O) groups excluding carboxylic acids is 2. The maximum absolute atomic E-state index is 11.9. The van der Waals surface area contributed by atoms with E-state index in [1.165, 1.54) is 13.2 Å². The van der Waals surface area contributed by atoms with Gasteiger partial charge in [0.25, 0.3) is 5.91 Å². The van der Waals surface area contributed by atoms with Crippen LogP contribution in [0.15, 0.2) is 29.3 Å². The summed E-state index contributed by atoms with van der Waals surface area (Å²) in [5, 5.41) is 21.7. The van der Waals surface area contributed by atoms with Gasteiger partial charge in [-0.1, -0.05) is 39.3 Å². The number of methoxy groups -OCH3 is 1. The first-order valence-electron chi connectivity index (χ1n) is 8.72. The number of amides is 2. The Balaban J connectivity index is 0.000000535. The molecule has 0 saturated heterocycles. The molecule has 28 heavy (non-hydrogen) atoms. The molecule has 2 unspecified atom stereocenters. The van der Waals surface area contributed by atoms with Crippen molar-refractivity contribution in [2.45, 2.75) is 40.0 Å². The van der Waals surface area contributed by atoms with Crippen LogP contribution in [0.25, 0.3) is 0 Å². The summed E-state index contributed by atoms with van der Waals surface area (Å²) in [6, 6.07) is 5.66. The smallest absolute Gasteiger partial charge is 0.846 e. The maximum Gasteiger partial charge on any atom is 1.00 e. The molecule has 0 bridgehead atoms. The third kappa shape index (κ3) is 5.80. The zero-order valence-electron chi connectivity index (χ0n) is 16.9. The minimum absolute atomic E-state index is 0. The van der Waals surface area contributed by atoms with Gasteiger partial charge in [0.1, 0.15) is 16.7 Å². The van der Waals surface area contributed by atoms with Crippen LogP contribution in [0.1, 0.15) is 50.4 Å². The van der Waals surface area contributed by atoms with Crippen LogP contribution in [0.2, 0.25) is 0 Å². The van der Waals surface area contributed by atoms with Crippen LogP contribution < -0.4 is 44.7 Å². The van der Waals surface area contributed by atoms with E-state index in [9.17, 15) is 19.5 Å². The van der Waals surface area contributed by atoms with E-state index in [4.69, 9.17) is 9.84 Å². The fourth-order valence-electron chi connectivity index (χ4n) is 3.12. The van der Waals surface area contributed by atoms with Crippen LogP contribution in [0.4, 0.5) is 0 Å². The number of hydrogen-bond acceptors (Lipinski definition) is 5. The Labute approximate surface area is 186 Å². The van der Waals surface area contributed by atoms with E-state index in [1.54, 1.807) is 25.1 Å². The van der Waals surface area contributed by atoms with Gasteiger partial charge in [-0.05, 0) is 30.9 Å². The van der Waals surface area contributed by atoms with Gasteiger partial charge in [-0.2, -0.15) is 0 Å². The van der Waals surface area contributed by atoms with Crippen molar-refractivity contribution in [2.75, 3.05) is 7.11 Å². The van der Waals surface area contributed by atoms with E-state index >= 15 is 0 Å². The van der Waals surface area contributed by atoms with Crippen molar-refractivity contribution in [3.05, 3.63) is 29.8 Å². The van der Waals surface area contributed by atoms with Crippen molar-refractivity contribution < 1.29 is 58.9 Å². The minimum Gasteiger partial charge on any atom is -0.846 e. The van der Waals surface area contributed by atoms with Crippen LogP contribution in [0.5, 0.6) is 5.75 Å². The Kier molecular flexibility index (Phi) is 11.0. The quantitative estimate of drug-likeness (QED) is 0.446. The van der Waals surface area contributed by atoms with E-state index in [1.807, 2.05) is 13.8 Å². The Bertz CT molecular complexity index is 737. The van der Waals surface area contributed by atoms with Gasteiger partial charge in [-0.15, -0.1) is 0 Å². The molecule has 0 aromatic heterocycles. The zero-order chi connectivity index (χ0) is 20.6. The summed E-state index contributed by atoms with van der Waals surface area (Å²) in [5.74, 6) is -1.78. The molecule has 0 radical (unpaired) electrons. The van der Waals surface area contributed by atoms with Crippen LogP contribution in [0.3, 0.4) is 0 Å². The predicted molar refractivity (Wildman–Crippen MR) is 97.3 cm³/mol. The average Bonchev–Trinajstić information content (AvgIpc) is 2.62. The van der Waals surface area contributed by atoms with Crippen LogP contribution in [-0.4, -0.2) is 36.0 Å². The van der Waals surface area contributed by atoms with Crippen molar-refractivity contribution in [1.82, 2.24) is 5.32 Å². The first-order chi connectivity index (χ1) is 12.7. The van der Waals surface area contributed by atoms with E-state index < -0.39 is 29.2 Å². The molecule has 0 saturated carbocycles. The van der Waals surface area contributed by atoms with Gasteiger partial charge in [-0.25, -0.2) is 9.79 Å². The monoisotopic (exact) mass is 400 g/mol. The second kappa shape index (κ2) is 11.8. The number of benzene rings is 1. The molecule has 148 valence electrons. The topological polar surface area (TPSA) is 128 Å². The fraction of sp³-hybridized carbons (Fsp3) is 0.474. The minimum atomic E-state index is -1.15. The molecule has 8 nitrogen and oxygen atoms in total. The number of amidine groups is 1. The van der Waals surface area contributed by atoms with Crippen molar-refractivity contribution in [3.63, 3.8) is 0 Å². The average molecular weight is 400 g/mol. The molecule has 1 aromatic carbocycles. The van der Waals surface area contributed by atoms with Gasteiger partial charge in [-0.3, -0.25) is 9.59 Å². The molecule has 0 aliphatic carbocycles. The fourth-order valence-corrected chi connectivity index (χ4v) is 3.12. The molecule has 1 aliphatic rings. The Morgan fingerprint density at radius 1 is 1.32 bits per heavy atom. The van der Waals surface area contributed by atoms with Gasteiger partial charge in [0.15, 0.2) is 0 Å². The SMILES string of the molecule is CCCC(C)C1(CC)C(=O)N=C([O-])NC1=O.COc1ccccc1C(=O)O.[Na+]. The molecule has 1 aromatic rings. The van der Waals surface area contributed by atoms with Crippen molar-refractivity contribution >= 4 is 23.8 Å². The summed E-state index contributed by atoms with van der Waals surface area (Å²) in [6.07, 6.45) is 2.02. The third-order valence-electron chi connectivity index (χ3n) is 4.67. The number of carbonyl (C=O) groups is 3. The number of ether oxygens (including phenoxy) is 1. The summed E-state index contributed by atoms with van der Waals surface area (Å²) in [5.41, 5.74) is -0.959. The maximum atomic E-state index is 11.9. The largest absolute Gasteiger partial charge is 1.00 e. The number of aliphatic imine (C=N–C) groups is 1. The van der Waals surface area contributed by atoms with Crippen molar-refractivity contribution in [3.8, 4) is 5.75 Å². The molecule has 1 heterocycles. The van der Waals surface area contributed by atoms with Gasteiger partial charge >= 0.3 is 35.5 Å². The second-order valence-corrected chi connectivity index (χ2v) is 6.20. The number of hydrogen-bond donors (Lipinski definition) is 2. The molecule has 2 rings (SSSR count). The standard InChI is InChI=1S/C11H18N2O3.C8H8O3.Na/c1-4-6-7(3)11(5-2)8(14)12-10(16)13-9(11)15;1-11-7-5-3-2-4-6(7)8(9)10;/h7H,4-6H2,1-3H3,(H2,12,13,14,15,16);2-5H,1H3,(H,9,10);/q;;+1/p-1. The summed E-state index contributed by atoms with van der Waals surface area (Å²) >= 11 is 0. The molecule has 1 aliphatic heterocycles. The Morgan fingerprint density at radius 3 is 2.36 bits per heavy atom.